The van der Waals surface area contributed by atoms with Gasteiger partial charge in [0.05, 0.1) is 0 Å². The molecule has 1 aromatic rings. The molecule has 0 unspecified atom stereocenters. The minimum absolute atomic E-state index is 0.554. The Hall–Kier alpha value is -1.36. The number of anilines is 2. The summed E-state index contributed by atoms with van der Waals surface area (Å²) in [7, 11) is 1.89. The molecule has 0 spiro atoms. The van der Waals surface area contributed by atoms with E-state index >= 15 is 0 Å². The van der Waals surface area contributed by atoms with Gasteiger partial charge in [-0.3, -0.25) is 4.90 Å². The highest BCUT2D eigenvalue weighted by Gasteiger charge is 2.13. The lowest BCUT2D eigenvalue weighted by molar-refractivity contribution is 0.182. The molecule has 0 aliphatic carbocycles. The van der Waals surface area contributed by atoms with Crippen LogP contribution in [-0.2, 0) is 0 Å². The molecule has 20 heavy (non-hydrogen) atoms. The standard InChI is InChI=1S/C15H29N5/c1-10(2)20(11(3)4)9-8-17-15-12(5)14(16-7)18-13(6)19-15/h10-11H,8-9H2,1-7H3,(H2,16,17,18,19). The summed E-state index contributed by atoms with van der Waals surface area (Å²) in [4.78, 5) is 11.3. The Morgan fingerprint density at radius 1 is 1.00 bits per heavy atom. The molecule has 0 atom stereocenters. The number of nitrogens with one attached hydrogen (secondary N) is 2. The zero-order chi connectivity index (χ0) is 15.3. The average Bonchev–Trinajstić information content (AvgIpc) is 2.36. The molecule has 0 saturated heterocycles. The van der Waals surface area contributed by atoms with E-state index in [0.29, 0.717) is 12.1 Å². The first-order chi connectivity index (χ1) is 9.36. The maximum atomic E-state index is 4.49. The van der Waals surface area contributed by atoms with Gasteiger partial charge in [-0.2, -0.15) is 0 Å². The normalized spacial score (nSPS) is 11.5. The van der Waals surface area contributed by atoms with Crippen LogP contribution in [0.2, 0.25) is 0 Å². The number of aryl methyl sites for hydroxylation is 1. The molecule has 2 N–H and O–H groups in total. The molecule has 5 heteroatoms. The summed E-state index contributed by atoms with van der Waals surface area (Å²) in [6.45, 7) is 14.8. The van der Waals surface area contributed by atoms with E-state index in [1.54, 1.807) is 0 Å². The van der Waals surface area contributed by atoms with Gasteiger partial charge in [-0.05, 0) is 41.5 Å². The first-order valence-electron chi connectivity index (χ1n) is 7.39. The van der Waals surface area contributed by atoms with Gasteiger partial charge in [0.15, 0.2) is 0 Å². The molecule has 114 valence electrons. The van der Waals surface area contributed by atoms with Crippen LogP contribution in [0.5, 0.6) is 0 Å². The first-order valence-corrected chi connectivity index (χ1v) is 7.39. The van der Waals surface area contributed by atoms with Gasteiger partial charge in [-0.1, -0.05) is 0 Å². The van der Waals surface area contributed by atoms with E-state index in [4.69, 9.17) is 0 Å². The summed E-state index contributed by atoms with van der Waals surface area (Å²) in [6, 6.07) is 1.11. The van der Waals surface area contributed by atoms with Gasteiger partial charge < -0.3 is 10.6 Å². The largest absolute Gasteiger partial charge is 0.373 e. The predicted molar refractivity (Wildman–Crippen MR) is 86.5 cm³/mol. The highest BCUT2D eigenvalue weighted by molar-refractivity contribution is 5.56. The van der Waals surface area contributed by atoms with E-state index < -0.39 is 0 Å². The predicted octanol–water partition coefficient (Wildman–Crippen LogP) is 2.67. The van der Waals surface area contributed by atoms with Crippen molar-refractivity contribution in [2.24, 2.45) is 0 Å². The maximum absolute atomic E-state index is 4.49. The lowest BCUT2D eigenvalue weighted by Crippen LogP contribution is -2.40. The van der Waals surface area contributed by atoms with Gasteiger partial charge in [-0.25, -0.2) is 9.97 Å². The SMILES string of the molecule is CNc1nc(C)nc(NCCN(C(C)C)C(C)C)c1C. The topological polar surface area (TPSA) is 53.1 Å². The molecule has 0 radical (unpaired) electrons. The van der Waals surface area contributed by atoms with Crippen LogP contribution >= 0.6 is 0 Å². The second-order valence-corrected chi connectivity index (χ2v) is 5.70. The Balaban J connectivity index is 2.68. The van der Waals surface area contributed by atoms with Gasteiger partial charge in [0.2, 0.25) is 0 Å². The van der Waals surface area contributed by atoms with E-state index in [-0.39, 0.29) is 0 Å². The molecule has 0 saturated carbocycles. The van der Waals surface area contributed by atoms with Crippen LogP contribution in [0.3, 0.4) is 0 Å². The van der Waals surface area contributed by atoms with E-state index in [0.717, 1.165) is 36.1 Å². The minimum atomic E-state index is 0.554. The van der Waals surface area contributed by atoms with Crippen molar-refractivity contribution >= 4 is 11.6 Å². The number of hydrogen-bond acceptors (Lipinski definition) is 5. The Labute approximate surface area is 123 Å². The third kappa shape index (κ3) is 4.34. The number of hydrogen-bond donors (Lipinski definition) is 2. The van der Waals surface area contributed by atoms with Crippen molar-refractivity contribution in [3.63, 3.8) is 0 Å². The quantitative estimate of drug-likeness (QED) is 0.803. The molecule has 1 heterocycles. The summed E-state index contributed by atoms with van der Waals surface area (Å²) < 4.78 is 0. The lowest BCUT2D eigenvalue weighted by atomic mass is 10.2. The average molecular weight is 279 g/mol. The van der Waals surface area contributed by atoms with Gasteiger partial charge >= 0.3 is 0 Å². The van der Waals surface area contributed by atoms with Crippen molar-refractivity contribution < 1.29 is 0 Å². The molecule has 1 rings (SSSR count). The van der Waals surface area contributed by atoms with Gasteiger partial charge in [0, 0.05) is 37.8 Å². The van der Waals surface area contributed by atoms with Crippen molar-refractivity contribution in [2.45, 2.75) is 53.6 Å². The van der Waals surface area contributed by atoms with E-state index in [9.17, 15) is 0 Å². The number of aromatic nitrogens is 2. The molecule has 1 aromatic heterocycles. The fraction of sp³-hybridized carbons (Fsp3) is 0.733. The Kier molecular flexibility index (Phi) is 6.20. The Morgan fingerprint density at radius 2 is 1.55 bits per heavy atom. The molecule has 0 aliphatic rings. The van der Waals surface area contributed by atoms with Crippen LogP contribution in [-0.4, -0.2) is 47.1 Å². The van der Waals surface area contributed by atoms with Crippen LogP contribution in [0.1, 0.15) is 39.1 Å². The van der Waals surface area contributed by atoms with Gasteiger partial charge in [-0.15, -0.1) is 0 Å². The van der Waals surface area contributed by atoms with Crippen LogP contribution in [0.15, 0.2) is 0 Å². The summed E-state index contributed by atoms with van der Waals surface area (Å²) in [6.07, 6.45) is 0. The van der Waals surface area contributed by atoms with Crippen LogP contribution in [0.25, 0.3) is 0 Å². The Bertz CT molecular complexity index is 421. The molecule has 0 amide bonds. The third-order valence-corrected chi connectivity index (χ3v) is 3.48. The number of nitrogens with zero attached hydrogens (tertiary/aromatic N) is 3. The fourth-order valence-electron chi connectivity index (χ4n) is 2.46. The Morgan fingerprint density at radius 3 is 2.05 bits per heavy atom. The maximum Gasteiger partial charge on any atom is 0.134 e. The van der Waals surface area contributed by atoms with E-state index in [1.165, 1.54) is 0 Å². The fourth-order valence-corrected chi connectivity index (χ4v) is 2.46. The smallest absolute Gasteiger partial charge is 0.134 e. The molecular weight excluding hydrogens is 250 g/mol. The highest BCUT2D eigenvalue weighted by Crippen LogP contribution is 2.19. The number of rotatable bonds is 7. The lowest BCUT2D eigenvalue weighted by Gasteiger charge is -2.30. The molecular formula is C15H29N5. The van der Waals surface area contributed by atoms with Gasteiger partial charge in [0.1, 0.15) is 17.5 Å². The highest BCUT2D eigenvalue weighted by atomic mass is 15.2. The second-order valence-electron chi connectivity index (χ2n) is 5.70. The van der Waals surface area contributed by atoms with Gasteiger partial charge in [0.25, 0.3) is 0 Å². The summed E-state index contributed by atoms with van der Waals surface area (Å²) in [5, 5.41) is 6.55. The van der Waals surface area contributed by atoms with Crippen LogP contribution in [0, 0.1) is 13.8 Å². The monoisotopic (exact) mass is 279 g/mol. The summed E-state index contributed by atoms with van der Waals surface area (Å²) in [5.74, 6) is 2.60. The first kappa shape index (κ1) is 16.7. The molecule has 0 fully saturated rings. The zero-order valence-corrected chi connectivity index (χ0v) is 13.9. The molecule has 0 aliphatic heterocycles. The second kappa shape index (κ2) is 7.43. The van der Waals surface area contributed by atoms with Crippen molar-refractivity contribution in [1.29, 1.82) is 0 Å². The van der Waals surface area contributed by atoms with E-state index in [1.807, 2.05) is 20.9 Å². The van der Waals surface area contributed by atoms with Crippen molar-refractivity contribution in [2.75, 3.05) is 30.8 Å². The minimum Gasteiger partial charge on any atom is -0.373 e. The zero-order valence-electron chi connectivity index (χ0n) is 13.9. The summed E-state index contributed by atoms with van der Waals surface area (Å²) in [5.41, 5.74) is 1.07. The molecule has 5 nitrogen and oxygen atoms in total. The van der Waals surface area contributed by atoms with E-state index in [2.05, 4.69) is 53.2 Å². The van der Waals surface area contributed by atoms with Crippen LogP contribution in [0.4, 0.5) is 11.6 Å². The van der Waals surface area contributed by atoms with Crippen molar-refractivity contribution in [1.82, 2.24) is 14.9 Å². The third-order valence-electron chi connectivity index (χ3n) is 3.48. The van der Waals surface area contributed by atoms with Crippen LogP contribution < -0.4 is 10.6 Å². The molecule has 0 bridgehead atoms. The molecule has 0 aromatic carbocycles. The van der Waals surface area contributed by atoms with Crippen molar-refractivity contribution in [3.8, 4) is 0 Å². The van der Waals surface area contributed by atoms with Crippen molar-refractivity contribution in [3.05, 3.63) is 11.4 Å². The summed E-state index contributed by atoms with van der Waals surface area (Å²) >= 11 is 0.